The van der Waals surface area contributed by atoms with Crippen LogP contribution < -0.4 is 4.72 Å². The van der Waals surface area contributed by atoms with Crippen molar-refractivity contribution in [2.75, 3.05) is 12.3 Å². The van der Waals surface area contributed by atoms with Crippen LogP contribution in [0.2, 0.25) is 0 Å². The summed E-state index contributed by atoms with van der Waals surface area (Å²) in [7, 11) is -3.54. The van der Waals surface area contributed by atoms with Gasteiger partial charge in [0.05, 0.1) is 16.5 Å². The van der Waals surface area contributed by atoms with Crippen molar-refractivity contribution in [3.05, 3.63) is 52.2 Å². The summed E-state index contributed by atoms with van der Waals surface area (Å²) in [4.78, 5) is 0.129. The molecule has 2 rings (SSSR count). The smallest absolute Gasteiger partial charge is 0.210 e. The van der Waals surface area contributed by atoms with Gasteiger partial charge in [0, 0.05) is 18.1 Å². The van der Waals surface area contributed by atoms with E-state index in [1.54, 1.807) is 35.2 Å². The number of sulfonamides is 1. The fourth-order valence-electron chi connectivity index (χ4n) is 1.63. The maximum Gasteiger partial charge on any atom is 0.240 e. The number of nitriles is 1. The number of benzene rings is 1. The van der Waals surface area contributed by atoms with Crippen LogP contribution in [0, 0.1) is 11.3 Å². The molecule has 0 unspecified atom stereocenters. The van der Waals surface area contributed by atoms with Crippen LogP contribution in [-0.4, -0.2) is 20.7 Å². The van der Waals surface area contributed by atoms with Gasteiger partial charge in [-0.1, -0.05) is 6.07 Å². The average molecular weight is 338 g/mol. The van der Waals surface area contributed by atoms with E-state index in [0.717, 1.165) is 5.75 Å². The first-order valence-electron chi connectivity index (χ1n) is 6.20. The van der Waals surface area contributed by atoms with Crippen molar-refractivity contribution in [1.82, 2.24) is 4.72 Å². The van der Waals surface area contributed by atoms with Gasteiger partial charge in [0.1, 0.15) is 0 Å². The minimum absolute atomic E-state index is 0.129. The maximum atomic E-state index is 12.1. The molecule has 0 radical (unpaired) electrons. The van der Waals surface area contributed by atoms with Gasteiger partial charge in [0.15, 0.2) is 0 Å². The molecule has 0 aliphatic rings. The summed E-state index contributed by atoms with van der Waals surface area (Å²) in [5, 5.41) is 12.9. The lowest BCUT2D eigenvalue weighted by molar-refractivity contribution is 0.584. The van der Waals surface area contributed by atoms with E-state index in [2.05, 4.69) is 16.2 Å². The fraction of sp³-hybridized carbons (Fsp3) is 0.214. The molecule has 4 nitrogen and oxygen atoms in total. The van der Waals surface area contributed by atoms with E-state index in [4.69, 9.17) is 5.26 Å². The molecule has 1 aromatic carbocycles. The van der Waals surface area contributed by atoms with E-state index in [1.165, 1.54) is 17.7 Å². The first-order chi connectivity index (χ1) is 10.1. The molecule has 21 heavy (non-hydrogen) atoms. The molecule has 0 bridgehead atoms. The van der Waals surface area contributed by atoms with Crippen molar-refractivity contribution in [3.63, 3.8) is 0 Å². The number of hydrogen-bond donors (Lipinski definition) is 1. The molecule has 0 amide bonds. The number of nitrogens with zero attached hydrogens (tertiary/aromatic N) is 1. The second-order valence-corrected chi connectivity index (χ2v) is 7.87. The Labute approximate surface area is 132 Å². The quantitative estimate of drug-likeness (QED) is 0.788. The number of rotatable bonds is 7. The van der Waals surface area contributed by atoms with Crippen LogP contribution in [0.25, 0.3) is 0 Å². The number of thioether (sulfide) groups is 1. The van der Waals surface area contributed by atoms with Crippen molar-refractivity contribution in [2.24, 2.45) is 0 Å². The summed E-state index contributed by atoms with van der Waals surface area (Å²) in [5.74, 6) is 1.59. The Morgan fingerprint density at radius 1 is 1.33 bits per heavy atom. The van der Waals surface area contributed by atoms with Gasteiger partial charge in [-0.3, -0.25) is 0 Å². The molecular weight excluding hydrogens is 324 g/mol. The molecule has 0 saturated heterocycles. The molecule has 1 aromatic heterocycles. The topological polar surface area (TPSA) is 70.0 Å². The second kappa shape index (κ2) is 7.61. The summed E-state index contributed by atoms with van der Waals surface area (Å²) in [6.07, 6.45) is 0. The highest BCUT2D eigenvalue weighted by Gasteiger charge is 2.13. The van der Waals surface area contributed by atoms with E-state index < -0.39 is 10.0 Å². The van der Waals surface area contributed by atoms with Crippen LogP contribution in [0.1, 0.15) is 11.1 Å². The van der Waals surface area contributed by atoms with Crippen LogP contribution in [0.15, 0.2) is 46.0 Å². The first kappa shape index (κ1) is 16.0. The third-order valence-electron chi connectivity index (χ3n) is 2.66. The van der Waals surface area contributed by atoms with E-state index in [1.807, 2.05) is 11.4 Å². The zero-order valence-corrected chi connectivity index (χ0v) is 13.6. The summed E-state index contributed by atoms with van der Waals surface area (Å²) < 4.78 is 26.7. The summed E-state index contributed by atoms with van der Waals surface area (Å²) >= 11 is 3.34. The lowest BCUT2D eigenvalue weighted by atomic mass is 10.2. The van der Waals surface area contributed by atoms with Gasteiger partial charge >= 0.3 is 0 Å². The molecule has 7 heteroatoms. The highest BCUT2D eigenvalue weighted by Crippen LogP contribution is 2.15. The van der Waals surface area contributed by atoms with Crippen molar-refractivity contribution in [3.8, 4) is 6.07 Å². The van der Waals surface area contributed by atoms with Crippen LogP contribution in [0.4, 0.5) is 0 Å². The lowest BCUT2D eigenvalue weighted by Gasteiger charge is -2.06. The maximum absolute atomic E-state index is 12.1. The van der Waals surface area contributed by atoms with Gasteiger partial charge in [0.25, 0.3) is 0 Å². The third kappa shape index (κ3) is 4.86. The average Bonchev–Trinajstić information content (AvgIpc) is 3.00. The Bertz CT molecular complexity index is 719. The molecule has 0 spiro atoms. The van der Waals surface area contributed by atoms with Crippen molar-refractivity contribution in [1.29, 1.82) is 5.26 Å². The largest absolute Gasteiger partial charge is 0.240 e. The number of nitrogens with one attached hydrogen (secondary N) is 1. The predicted octanol–water partition coefficient (Wildman–Crippen LogP) is 2.83. The Morgan fingerprint density at radius 3 is 2.90 bits per heavy atom. The zero-order chi connectivity index (χ0) is 15.1. The third-order valence-corrected chi connectivity index (χ3v) is 5.88. The Kier molecular flexibility index (Phi) is 5.82. The zero-order valence-electron chi connectivity index (χ0n) is 11.2. The molecule has 1 N–H and O–H groups in total. The van der Waals surface area contributed by atoms with E-state index in [9.17, 15) is 8.42 Å². The van der Waals surface area contributed by atoms with Gasteiger partial charge in [-0.2, -0.15) is 28.4 Å². The summed E-state index contributed by atoms with van der Waals surface area (Å²) in [5.41, 5.74) is 1.60. The second-order valence-electron chi connectivity index (χ2n) is 4.22. The molecule has 110 valence electrons. The van der Waals surface area contributed by atoms with Gasteiger partial charge in [-0.05, 0) is 40.6 Å². The molecule has 0 atom stereocenters. The molecule has 2 aromatic rings. The molecule has 0 fully saturated rings. The highest BCUT2D eigenvalue weighted by molar-refractivity contribution is 7.98. The van der Waals surface area contributed by atoms with Gasteiger partial charge in [0.2, 0.25) is 10.0 Å². The minimum Gasteiger partial charge on any atom is -0.210 e. The molecule has 0 aliphatic heterocycles. The minimum atomic E-state index is -3.54. The lowest BCUT2D eigenvalue weighted by Crippen LogP contribution is -2.26. The Balaban J connectivity index is 1.82. The van der Waals surface area contributed by atoms with Crippen LogP contribution >= 0.6 is 23.1 Å². The molecule has 0 aliphatic carbocycles. The normalized spacial score (nSPS) is 11.2. The van der Waals surface area contributed by atoms with Crippen molar-refractivity contribution < 1.29 is 8.42 Å². The monoisotopic (exact) mass is 338 g/mol. The highest BCUT2D eigenvalue weighted by atomic mass is 32.2. The fourth-order valence-corrected chi connectivity index (χ4v) is 4.42. The van der Waals surface area contributed by atoms with Gasteiger partial charge < -0.3 is 0 Å². The van der Waals surface area contributed by atoms with Crippen molar-refractivity contribution in [2.45, 2.75) is 10.6 Å². The summed E-state index contributed by atoms with van der Waals surface area (Å²) in [6.45, 7) is 0.369. The Hall–Kier alpha value is -1.33. The first-order valence-corrected chi connectivity index (χ1v) is 9.78. The predicted molar refractivity (Wildman–Crippen MR) is 86.8 cm³/mol. The van der Waals surface area contributed by atoms with Crippen LogP contribution in [0.3, 0.4) is 0 Å². The SMILES string of the molecule is N#Cc1cccc(S(=O)(=O)NCCSCc2ccsc2)c1. The van der Waals surface area contributed by atoms with E-state index in [-0.39, 0.29) is 4.90 Å². The van der Waals surface area contributed by atoms with Gasteiger partial charge in [-0.15, -0.1) is 0 Å². The molecular formula is C14H14N2O2S3. The number of thiophene rings is 1. The van der Waals surface area contributed by atoms with E-state index in [0.29, 0.717) is 17.9 Å². The standard InChI is InChI=1S/C14H14N2O2S3/c15-9-12-2-1-3-14(8-12)21(17,18)16-5-7-20-11-13-4-6-19-10-13/h1-4,6,8,10,16H,5,7,11H2. The van der Waals surface area contributed by atoms with Crippen LogP contribution in [0.5, 0.6) is 0 Å². The molecule has 0 saturated carbocycles. The Morgan fingerprint density at radius 2 is 2.19 bits per heavy atom. The van der Waals surface area contributed by atoms with Crippen molar-refractivity contribution >= 4 is 33.1 Å². The van der Waals surface area contributed by atoms with E-state index >= 15 is 0 Å². The van der Waals surface area contributed by atoms with Gasteiger partial charge in [-0.25, -0.2) is 13.1 Å². The molecule has 1 heterocycles. The number of hydrogen-bond acceptors (Lipinski definition) is 5. The summed E-state index contributed by atoms with van der Waals surface area (Å²) in [6, 6.07) is 10.0. The van der Waals surface area contributed by atoms with Crippen LogP contribution in [-0.2, 0) is 15.8 Å².